The minimum Gasteiger partial charge on any atom is -0.334 e. The van der Waals surface area contributed by atoms with E-state index in [0.717, 1.165) is 22.4 Å². The zero-order chi connectivity index (χ0) is 18.0. The predicted molar refractivity (Wildman–Crippen MR) is 97.7 cm³/mol. The lowest BCUT2D eigenvalue weighted by Crippen LogP contribution is -2.30. The summed E-state index contributed by atoms with van der Waals surface area (Å²) in [6, 6.07) is 13.4. The molecule has 128 valence electrons. The van der Waals surface area contributed by atoms with E-state index in [1.54, 1.807) is 24.0 Å². The van der Waals surface area contributed by atoms with Gasteiger partial charge in [0.05, 0.1) is 0 Å². The average molecular weight is 335 g/mol. The van der Waals surface area contributed by atoms with Crippen molar-refractivity contribution in [2.24, 2.45) is 0 Å². The molecule has 5 heteroatoms. The Morgan fingerprint density at radius 2 is 1.68 bits per heavy atom. The first-order valence-electron chi connectivity index (χ1n) is 8.29. The molecule has 0 bridgehead atoms. The standard InChI is InChI=1S/C20H21N3O2/c1-5-23(18-11-13(2)10-14(3)12-18)20(24)17-8-6-16(7-9-17)19-21-15(4)22-25-19/h6-12H,5H2,1-4H3. The van der Waals surface area contributed by atoms with Crippen LogP contribution < -0.4 is 4.90 Å². The van der Waals surface area contributed by atoms with Gasteiger partial charge in [0.2, 0.25) is 0 Å². The summed E-state index contributed by atoms with van der Waals surface area (Å²) in [6.07, 6.45) is 0. The molecule has 0 unspecified atom stereocenters. The van der Waals surface area contributed by atoms with Crippen LogP contribution in [0.1, 0.15) is 34.2 Å². The first-order valence-corrected chi connectivity index (χ1v) is 8.29. The number of amides is 1. The molecule has 0 aliphatic heterocycles. The van der Waals surface area contributed by atoms with Crippen molar-refractivity contribution < 1.29 is 9.32 Å². The first kappa shape index (κ1) is 16.9. The van der Waals surface area contributed by atoms with Crippen molar-refractivity contribution in [1.82, 2.24) is 10.1 Å². The molecule has 0 aliphatic rings. The van der Waals surface area contributed by atoms with Crippen LogP contribution in [0.25, 0.3) is 11.5 Å². The van der Waals surface area contributed by atoms with Crippen molar-refractivity contribution in [3.05, 3.63) is 65.0 Å². The summed E-state index contributed by atoms with van der Waals surface area (Å²) in [5.41, 5.74) is 4.63. The van der Waals surface area contributed by atoms with Crippen molar-refractivity contribution in [3.63, 3.8) is 0 Å². The maximum absolute atomic E-state index is 12.9. The number of nitrogens with zero attached hydrogens (tertiary/aromatic N) is 3. The van der Waals surface area contributed by atoms with Gasteiger partial charge in [0.25, 0.3) is 11.8 Å². The molecule has 0 saturated heterocycles. The van der Waals surface area contributed by atoms with E-state index in [-0.39, 0.29) is 5.91 Å². The number of carbonyl (C=O) groups is 1. The van der Waals surface area contributed by atoms with E-state index >= 15 is 0 Å². The number of aromatic nitrogens is 2. The Kier molecular flexibility index (Phi) is 4.65. The van der Waals surface area contributed by atoms with Gasteiger partial charge in [-0.15, -0.1) is 0 Å². The third-order valence-electron chi connectivity index (χ3n) is 3.99. The van der Waals surface area contributed by atoms with E-state index in [1.165, 1.54) is 0 Å². The Balaban J connectivity index is 1.88. The minimum atomic E-state index is -0.0271. The second kappa shape index (κ2) is 6.89. The van der Waals surface area contributed by atoms with E-state index in [1.807, 2.05) is 45.0 Å². The van der Waals surface area contributed by atoms with E-state index < -0.39 is 0 Å². The molecule has 1 amide bonds. The third-order valence-corrected chi connectivity index (χ3v) is 3.99. The normalized spacial score (nSPS) is 10.7. The van der Waals surface area contributed by atoms with E-state index in [2.05, 4.69) is 16.2 Å². The Morgan fingerprint density at radius 1 is 1.04 bits per heavy atom. The molecular formula is C20H21N3O2. The highest BCUT2D eigenvalue weighted by molar-refractivity contribution is 6.06. The molecule has 0 atom stereocenters. The molecule has 1 aromatic heterocycles. The predicted octanol–water partition coefficient (Wildman–Crippen LogP) is 4.33. The third kappa shape index (κ3) is 3.60. The quantitative estimate of drug-likeness (QED) is 0.712. The van der Waals surface area contributed by atoms with Gasteiger partial charge in [-0.3, -0.25) is 4.79 Å². The number of rotatable bonds is 4. The molecule has 0 fully saturated rings. The number of aryl methyl sites for hydroxylation is 3. The number of benzene rings is 2. The van der Waals surface area contributed by atoms with E-state index in [4.69, 9.17) is 4.52 Å². The first-order chi connectivity index (χ1) is 12.0. The number of carbonyl (C=O) groups excluding carboxylic acids is 1. The number of hydrogen-bond donors (Lipinski definition) is 0. The van der Waals surface area contributed by atoms with Crippen LogP contribution in [0.15, 0.2) is 47.0 Å². The highest BCUT2D eigenvalue weighted by Crippen LogP contribution is 2.22. The highest BCUT2D eigenvalue weighted by Gasteiger charge is 2.17. The van der Waals surface area contributed by atoms with Gasteiger partial charge in [0, 0.05) is 23.4 Å². The van der Waals surface area contributed by atoms with E-state index in [0.29, 0.717) is 23.8 Å². The number of hydrogen-bond acceptors (Lipinski definition) is 4. The molecule has 25 heavy (non-hydrogen) atoms. The van der Waals surface area contributed by atoms with Gasteiger partial charge in [-0.2, -0.15) is 4.98 Å². The van der Waals surface area contributed by atoms with Crippen LogP contribution in [0.2, 0.25) is 0 Å². The van der Waals surface area contributed by atoms with Crippen molar-refractivity contribution in [1.29, 1.82) is 0 Å². The summed E-state index contributed by atoms with van der Waals surface area (Å²) in [5, 5.41) is 3.79. The molecule has 0 N–H and O–H groups in total. The van der Waals surface area contributed by atoms with Crippen LogP contribution in [0, 0.1) is 20.8 Å². The maximum Gasteiger partial charge on any atom is 0.258 e. The lowest BCUT2D eigenvalue weighted by molar-refractivity contribution is 0.0988. The fraction of sp³-hybridized carbons (Fsp3) is 0.250. The molecular weight excluding hydrogens is 314 g/mol. The largest absolute Gasteiger partial charge is 0.334 e. The molecule has 3 rings (SSSR count). The summed E-state index contributed by atoms with van der Waals surface area (Å²) in [4.78, 5) is 18.9. The van der Waals surface area contributed by atoms with Gasteiger partial charge in [0.15, 0.2) is 5.82 Å². The fourth-order valence-electron chi connectivity index (χ4n) is 2.88. The molecule has 5 nitrogen and oxygen atoms in total. The second-order valence-corrected chi connectivity index (χ2v) is 6.12. The second-order valence-electron chi connectivity index (χ2n) is 6.12. The lowest BCUT2D eigenvalue weighted by Gasteiger charge is -2.22. The van der Waals surface area contributed by atoms with Crippen LogP contribution in [0.4, 0.5) is 5.69 Å². The van der Waals surface area contributed by atoms with Crippen molar-refractivity contribution in [2.75, 3.05) is 11.4 Å². The van der Waals surface area contributed by atoms with Gasteiger partial charge in [-0.25, -0.2) is 0 Å². The van der Waals surface area contributed by atoms with Crippen molar-refractivity contribution in [3.8, 4) is 11.5 Å². The molecule has 3 aromatic rings. The number of anilines is 1. The highest BCUT2D eigenvalue weighted by atomic mass is 16.5. The molecule has 0 saturated carbocycles. The van der Waals surface area contributed by atoms with Crippen LogP contribution in [0.5, 0.6) is 0 Å². The average Bonchev–Trinajstić information content (AvgIpc) is 3.01. The zero-order valence-electron chi connectivity index (χ0n) is 14.9. The Labute approximate surface area is 147 Å². The Morgan fingerprint density at radius 3 is 2.20 bits per heavy atom. The minimum absolute atomic E-state index is 0.0271. The lowest BCUT2D eigenvalue weighted by atomic mass is 10.1. The summed E-state index contributed by atoms with van der Waals surface area (Å²) < 4.78 is 5.16. The molecule has 2 aromatic carbocycles. The van der Waals surface area contributed by atoms with Crippen LogP contribution in [0.3, 0.4) is 0 Å². The summed E-state index contributed by atoms with van der Waals surface area (Å²) in [6.45, 7) is 8.43. The SMILES string of the molecule is CCN(C(=O)c1ccc(-c2nc(C)no2)cc1)c1cc(C)cc(C)c1. The Bertz CT molecular complexity index is 877. The van der Waals surface area contributed by atoms with Crippen LogP contribution >= 0.6 is 0 Å². The molecule has 0 aliphatic carbocycles. The van der Waals surface area contributed by atoms with Crippen molar-refractivity contribution in [2.45, 2.75) is 27.7 Å². The zero-order valence-corrected chi connectivity index (χ0v) is 14.9. The monoisotopic (exact) mass is 335 g/mol. The van der Waals surface area contributed by atoms with Gasteiger partial charge in [-0.05, 0) is 75.2 Å². The van der Waals surface area contributed by atoms with Gasteiger partial charge < -0.3 is 9.42 Å². The topological polar surface area (TPSA) is 59.2 Å². The van der Waals surface area contributed by atoms with Crippen LogP contribution in [-0.2, 0) is 0 Å². The van der Waals surface area contributed by atoms with Gasteiger partial charge in [-0.1, -0.05) is 11.2 Å². The smallest absolute Gasteiger partial charge is 0.258 e. The molecule has 1 heterocycles. The summed E-state index contributed by atoms with van der Waals surface area (Å²) in [7, 11) is 0. The van der Waals surface area contributed by atoms with Gasteiger partial charge in [0.1, 0.15) is 0 Å². The molecule has 0 radical (unpaired) electrons. The van der Waals surface area contributed by atoms with Gasteiger partial charge >= 0.3 is 0 Å². The summed E-state index contributed by atoms with van der Waals surface area (Å²) >= 11 is 0. The van der Waals surface area contributed by atoms with E-state index in [9.17, 15) is 4.79 Å². The summed E-state index contributed by atoms with van der Waals surface area (Å²) in [5.74, 6) is 1.01. The van der Waals surface area contributed by atoms with Crippen LogP contribution in [-0.4, -0.2) is 22.6 Å². The fourth-order valence-corrected chi connectivity index (χ4v) is 2.88. The molecule has 0 spiro atoms. The Hall–Kier alpha value is -2.95. The van der Waals surface area contributed by atoms with Crippen molar-refractivity contribution >= 4 is 11.6 Å². The maximum atomic E-state index is 12.9.